The van der Waals surface area contributed by atoms with Crippen LogP contribution in [0, 0.1) is 0 Å². The third-order valence-corrected chi connectivity index (χ3v) is 7.10. The molecule has 0 unspecified atom stereocenters. The number of amides is 3. The number of hydrogen-bond acceptors (Lipinski definition) is 6. The lowest BCUT2D eigenvalue weighted by Gasteiger charge is -2.14. The third-order valence-electron chi connectivity index (χ3n) is 6.10. The molecule has 0 atom stereocenters. The molecule has 0 radical (unpaired) electrons. The molecule has 0 saturated heterocycles. The van der Waals surface area contributed by atoms with E-state index in [0.717, 1.165) is 16.1 Å². The predicted octanol–water partition coefficient (Wildman–Crippen LogP) is 5.59. The summed E-state index contributed by atoms with van der Waals surface area (Å²) in [5, 5.41) is 17.4. The molecule has 4 rings (SSSR count). The van der Waals surface area contributed by atoms with Gasteiger partial charge < -0.3 is 26.0 Å². The van der Waals surface area contributed by atoms with E-state index in [1.807, 2.05) is 43.3 Å². The van der Waals surface area contributed by atoms with Crippen LogP contribution in [0.4, 0.5) is 17.1 Å². The van der Waals surface area contributed by atoms with Crippen molar-refractivity contribution in [3.63, 3.8) is 0 Å². The minimum atomic E-state index is -1.08. The number of carbonyl (C=O) groups excluding carboxylic acids is 3. The van der Waals surface area contributed by atoms with Crippen LogP contribution in [-0.4, -0.2) is 48.6 Å². The van der Waals surface area contributed by atoms with Gasteiger partial charge >= 0.3 is 5.97 Å². The Bertz CT molecular complexity index is 1650. The number of nitrogens with zero attached hydrogens (tertiary/aromatic N) is 1. The van der Waals surface area contributed by atoms with Gasteiger partial charge in [0.15, 0.2) is 0 Å². The molecular formula is C33H30N4O5S. The zero-order chi connectivity index (χ0) is 30.8. The van der Waals surface area contributed by atoms with E-state index >= 15 is 0 Å². The van der Waals surface area contributed by atoms with Crippen molar-refractivity contribution >= 4 is 58.6 Å². The Morgan fingerprint density at radius 2 is 1.42 bits per heavy atom. The van der Waals surface area contributed by atoms with Crippen LogP contribution in [0.3, 0.4) is 0 Å². The van der Waals surface area contributed by atoms with E-state index in [0.29, 0.717) is 16.9 Å². The molecule has 3 amide bonds. The van der Waals surface area contributed by atoms with Gasteiger partial charge in [0.1, 0.15) is 5.70 Å². The van der Waals surface area contributed by atoms with Crippen LogP contribution in [0.15, 0.2) is 114 Å². The van der Waals surface area contributed by atoms with E-state index in [4.69, 9.17) is 5.11 Å². The standard InChI is InChI=1S/C33H30N4O5S/c1-37(2)27-16-14-22(15-17-27)18-29(36-31(39)23-8-4-3-5-9-23)32(40)35-26-12-7-13-28(20-26)43-21-30(38)34-25-11-6-10-24(19-25)33(41)42/h3-20H,21H2,1-2H3,(H,34,38)(H,35,40)(H,36,39)(H,41,42)/b29-18+. The van der Waals surface area contributed by atoms with Crippen molar-refractivity contribution in [2.45, 2.75) is 4.90 Å². The zero-order valence-electron chi connectivity index (χ0n) is 23.5. The number of carboxylic acid groups (broad SMARTS) is 1. The number of thioether (sulfide) groups is 1. The zero-order valence-corrected chi connectivity index (χ0v) is 24.4. The number of aromatic carboxylic acids is 1. The highest BCUT2D eigenvalue weighted by Crippen LogP contribution is 2.23. The summed E-state index contributed by atoms with van der Waals surface area (Å²) in [5.74, 6) is -2.26. The molecule has 0 aromatic heterocycles. The summed E-state index contributed by atoms with van der Waals surface area (Å²) in [6.07, 6.45) is 1.61. The van der Waals surface area contributed by atoms with Crippen molar-refractivity contribution in [3.8, 4) is 0 Å². The Hall–Kier alpha value is -5.35. The quantitative estimate of drug-likeness (QED) is 0.132. The molecule has 218 valence electrons. The highest BCUT2D eigenvalue weighted by molar-refractivity contribution is 8.00. The fraction of sp³-hybridized carbons (Fsp3) is 0.0909. The summed E-state index contributed by atoms with van der Waals surface area (Å²) in [6.45, 7) is 0. The van der Waals surface area contributed by atoms with Crippen LogP contribution in [0.25, 0.3) is 6.08 Å². The summed E-state index contributed by atoms with van der Waals surface area (Å²) in [7, 11) is 3.87. The second-order valence-electron chi connectivity index (χ2n) is 9.57. The van der Waals surface area contributed by atoms with Crippen molar-refractivity contribution in [2.24, 2.45) is 0 Å². The van der Waals surface area contributed by atoms with Gasteiger partial charge in [-0.3, -0.25) is 14.4 Å². The molecular weight excluding hydrogens is 564 g/mol. The number of hydrogen-bond donors (Lipinski definition) is 4. The normalized spacial score (nSPS) is 10.9. The van der Waals surface area contributed by atoms with Crippen molar-refractivity contribution in [1.29, 1.82) is 0 Å². The fourth-order valence-electron chi connectivity index (χ4n) is 3.92. The minimum absolute atomic E-state index is 0.0625. The number of nitrogens with one attached hydrogen (secondary N) is 3. The molecule has 4 aromatic rings. The lowest BCUT2D eigenvalue weighted by Crippen LogP contribution is -2.30. The maximum absolute atomic E-state index is 13.4. The molecule has 10 heteroatoms. The molecule has 0 aliphatic carbocycles. The van der Waals surface area contributed by atoms with Gasteiger partial charge in [-0.2, -0.15) is 0 Å². The Morgan fingerprint density at radius 1 is 0.767 bits per heavy atom. The van der Waals surface area contributed by atoms with Crippen LogP contribution >= 0.6 is 11.8 Å². The summed E-state index contributed by atoms with van der Waals surface area (Å²) in [6, 6.07) is 29.2. The molecule has 0 bridgehead atoms. The molecule has 0 fully saturated rings. The second-order valence-corrected chi connectivity index (χ2v) is 10.6. The predicted molar refractivity (Wildman–Crippen MR) is 170 cm³/mol. The van der Waals surface area contributed by atoms with Gasteiger partial charge in [0, 0.05) is 41.6 Å². The van der Waals surface area contributed by atoms with Crippen LogP contribution in [0.2, 0.25) is 0 Å². The van der Waals surface area contributed by atoms with E-state index in [1.165, 1.54) is 23.9 Å². The first kappa shape index (κ1) is 30.6. The van der Waals surface area contributed by atoms with Crippen LogP contribution in [0.1, 0.15) is 26.3 Å². The Balaban J connectivity index is 1.45. The molecule has 4 aromatic carbocycles. The van der Waals surface area contributed by atoms with E-state index in [2.05, 4.69) is 16.0 Å². The van der Waals surface area contributed by atoms with Gasteiger partial charge in [0.05, 0.1) is 11.3 Å². The van der Waals surface area contributed by atoms with Crippen molar-refractivity contribution in [3.05, 3.63) is 126 Å². The highest BCUT2D eigenvalue weighted by atomic mass is 32.2. The SMILES string of the molecule is CN(C)c1ccc(/C=C(/NC(=O)c2ccccc2)C(=O)Nc2cccc(SCC(=O)Nc3cccc(C(=O)O)c3)c2)cc1. The van der Waals surface area contributed by atoms with Crippen LogP contribution in [-0.2, 0) is 9.59 Å². The van der Waals surface area contributed by atoms with Gasteiger partial charge in [-0.15, -0.1) is 11.8 Å². The van der Waals surface area contributed by atoms with Gasteiger partial charge in [0.2, 0.25) is 5.91 Å². The maximum Gasteiger partial charge on any atom is 0.335 e. The molecule has 0 aliphatic heterocycles. The molecule has 0 saturated carbocycles. The molecule has 4 N–H and O–H groups in total. The summed E-state index contributed by atoms with van der Waals surface area (Å²) in [4.78, 5) is 52.7. The summed E-state index contributed by atoms with van der Waals surface area (Å²) >= 11 is 1.25. The summed E-state index contributed by atoms with van der Waals surface area (Å²) in [5.41, 5.74) is 3.14. The highest BCUT2D eigenvalue weighted by Gasteiger charge is 2.16. The van der Waals surface area contributed by atoms with E-state index in [-0.39, 0.29) is 22.9 Å². The number of rotatable bonds is 11. The first-order chi connectivity index (χ1) is 20.7. The monoisotopic (exact) mass is 594 g/mol. The topological polar surface area (TPSA) is 128 Å². The lowest BCUT2D eigenvalue weighted by atomic mass is 10.1. The van der Waals surface area contributed by atoms with Crippen molar-refractivity contribution < 1.29 is 24.3 Å². The van der Waals surface area contributed by atoms with Gasteiger partial charge in [0.25, 0.3) is 11.8 Å². The fourth-order valence-corrected chi connectivity index (χ4v) is 4.67. The molecule has 43 heavy (non-hydrogen) atoms. The summed E-state index contributed by atoms with van der Waals surface area (Å²) < 4.78 is 0. The largest absolute Gasteiger partial charge is 0.478 e. The van der Waals surface area contributed by atoms with E-state index < -0.39 is 17.8 Å². The number of carbonyl (C=O) groups is 4. The van der Waals surface area contributed by atoms with E-state index in [1.54, 1.807) is 72.8 Å². The maximum atomic E-state index is 13.4. The Morgan fingerprint density at radius 3 is 2.09 bits per heavy atom. The smallest absolute Gasteiger partial charge is 0.335 e. The minimum Gasteiger partial charge on any atom is -0.478 e. The lowest BCUT2D eigenvalue weighted by molar-refractivity contribution is -0.114. The molecule has 0 spiro atoms. The average molecular weight is 595 g/mol. The average Bonchev–Trinajstić information content (AvgIpc) is 3.00. The molecule has 0 heterocycles. The van der Waals surface area contributed by atoms with Gasteiger partial charge in [-0.25, -0.2) is 4.79 Å². The second kappa shape index (κ2) is 14.5. The number of benzene rings is 4. The van der Waals surface area contributed by atoms with E-state index in [9.17, 15) is 19.2 Å². The van der Waals surface area contributed by atoms with Crippen LogP contribution < -0.4 is 20.9 Å². The Kier molecular flexibility index (Phi) is 10.3. The number of anilines is 3. The van der Waals surface area contributed by atoms with Gasteiger partial charge in [-0.05, 0) is 72.3 Å². The number of carboxylic acids is 1. The van der Waals surface area contributed by atoms with Gasteiger partial charge in [-0.1, -0.05) is 42.5 Å². The third kappa shape index (κ3) is 9.07. The first-order valence-corrected chi connectivity index (χ1v) is 14.2. The molecule has 9 nitrogen and oxygen atoms in total. The van der Waals surface area contributed by atoms with Crippen molar-refractivity contribution in [1.82, 2.24) is 5.32 Å². The first-order valence-electron chi connectivity index (χ1n) is 13.2. The van der Waals surface area contributed by atoms with Crippen molar-refractivity contribution in [2.75, 3.05) is 35.4 Å². The Labute approximate surface area is 253 Å². The molecule has 0 aliphatic rings. The van der Waals surface area contributed by atoms with Crippen LogP contribution in [0.5, 0.6) is 0 Å².